The first-order valence-electron chi connectivity index (χ1n) is 7.20. The Bertz CT molecular complexity index is 612. The van der Waals surface area contributed by atoms with Gasteiger partial charge in [-0.25, -0.2) is 0 Å². The van der Waals surface area contributed by atoms with Crippen LogP contribution in [0.4, 0.5) is 0 Å². The van der Waals surface area contributed by atoms with Crippen molar-refractivity contribution in [3.8, 4) is 5.75 Å². The molecule has 1 aromatic heterocycles. The van der Waals surface area contributed by atoms with Crippen molar-refractivity contribution in [3.05, 3.63) is 30.0 Å². The van der Waals surface area contributed by atoms with E-state index in [-0.39, 0.29) is 5.91 Å². The Kier molecular flexibility index (Phi) is 3.63. The molecule has 0 saturated carbocycles. The summed E-state index contributed by atoms with van der Waals surface area (Å²) in [5.74, 6) is 1.04. The zero-order valence-electron chi connectivity index (χ0n) is 11.8. The van der Waals surface area contributed by atoms with E-state index in [2.05, 4.69) is 4.98 Å². The van der Waals surface area contributed by atoms with Gasteiger partial charge < -0.3 is 14.6 Å². The van der Waals surface area contributed by atoms with Crippen LogP contribution >= 0.6 is 0 Å². The number of ether oxygens (including phenoxy) is 1. The number of rotatable bonds is 3. The van der Waals surface area contributed by atoms with Gasteiger partial charge in [0.1, 0.15) is 5.75 Å². The molecule has 0 radical (unpaired) electrons. The first kappa shape index (κ1) is 13.0. The highest BCUT2D eigenvalue weighted by Gasteiger charge is 2.19. The van der Waals surface area contributed by atoms with E-state index in [0.29, 0.717) is 6.42 Å². The summed E-state index contributed by atoms with van der Waals surface area (Å²) in [7, 11) is 1.66. The van der Waals surface area contributed by atoms with Crippen molar-refractivity contribution in [2.24, 2.45) is 0 Å². The van der Waals surface area contributed by atoms with E-state index in [0.717, 1.165) is 48.1 Å². The molecule has 0 unspecified atom stereocenters. The van der Waals surface area contributed by atoms with E-state index in [4.69, 9.17) is 4.74 Å². The molecule has 20 heavy (non-hydrogen) atoms. The van der Waals surface area contributed by atoms with Crippen molar-refractivity contribution >= 4 is 16.8 Å². The third kappa shape index (κ3) is 2.38. The molecule has 0 aliphatic carbocycles. The topological polar surface area (TPSA) is 45.3 Å². The van der Waals surface area contributed by atoms with Crippen molar-refractivity contribution in [1.29, 1.82) is 0 Å². The van der Waals surface area contributed by atoms with Crippen LogP contribution in [0.15, 0.2) is 24.4 Å². The predicted molar refractivity (Wildman–Crippen MR) is 79.0 cm³/mol. The Morgan fingerprint density at radius 1 is 1.30 bits per heavy atom. The fraction of sp³-hybridized carbons (Fsp3) is 0.438. The number of hydrogen-bond donors (Lipinski definition) is 1. The Morgan fingerprint density at radius 2 is 2.10 bits per heavy atom. The molecule has 1 aromatic carbocycles. The Balaban J connectivity index is 1.85. The smallest absolute Gasteiger partial charge is 0.227 e. The fourth-order valence-electron chi connectivity index (χ4n) is 2.95. The molecule has 4 heteroatoms. The molecule has 0 bridgehead atoms. The normalized spacial score (nSPS) is 15.6. The van der Waals surface area contributed by atoms with E-state index < -0.39 is 0 Å². The number of aromatic nitrogens is 1. The van der Waals surface area contributed by atoms with E-state index >= 15 is 0 Å². The van der Waals surface area contributed by atoms with E-state index in [9.17, 15) is 4.79 Å². The number of likely N-dealkylation sites (tertiary alicyclic amines) is 1. The molecule has 1 amide bonds. The van der Waals surface area contributed by atoms with Gasteiger partial charge in [0, 0.05) is 30.2 Å². The highest BCUT2D eigenvalue weighted by molar-refractivity contribution is 5.93. The SMILES string of the molecule is COc1cccc2[nH]cc(CC(=O)N3CCCCC3)c12. The average molecular weight is 272 g/mol. The number of methoxy groups -OCH3 is 1. The number of benzene rings is 1. The monoisotopic (exact) mass is 272 g/mol. The second-order valence-corrected chi connectivity index (χ2v) is 5.31. The fourth-order valence-corrected chi connectivity index (χ4v) is 2.95. The third-order valence-electron chi connectivity index (χ3n) is 4.02. The number of nitrogens with zero attached hydrogens (tertiary/aromatic N) is 1. The van der Waals surface area contributed by atoms with E-state index in [1.54, 1.807) is 7.11 Å². The lowest BCUT2D eigenvalue weighted by Crippen LogP contribution is -2.36. The van der Waals surface area contributed by atoms with Crippen LogP contribution in [0.3, 0.4) is 0 Å². The number of aromatic amines is 1. The molecule has 1 fully saturated rings. The molecule has 1 aliphatic rings. The highest BCUT2D eigenvalue weighted by Crippen LogP contribution is 2.29. The largest absolute Gasteiger partial charge is 0.496 e. The van der Waals surface area contributed by atoms with Gasteiger partial charge in [0.05, 0.1) is 13.5 Å². The number of carbonyl (C=O) groups excluding carboxylic acids is 1. The maximum Gasteiger partial charge on any atom is 0.227 e. The minimum atomic E-state index is 0.219. The number of nitrogens with one attached hydrogen (secondary N) is 1. The number of fused-ring (bicyclic) bond motifs is 1. The molecule has 0 spiro atoms. The van der Waals surface area contributed by atoms with Gasteiger partial charge >= 0.3 is 0 Å². The standard InChI is InChI=1S/C16H20N2O2/c1-20-14-7-5-6-13-16(14)12(11-17-13)10-15(19)18-8-3-2-4-9-18/h5-7,11,17H,2-4,8-10H2,1H3. The van der Waals surface area contributed by atoms with E-state index in [1.807, 2.05) is 29.3 Å². The molecule has 1 aliphatic heterocycles. The van der Waals surface area contributed by atoms with Crippen molar-refractivity contribution in [2.75, 3.05) is 20.2 Å². The summed E-state index contributed by atoms with van der Waals surface area (Å²) < 4.78 is 5.41. The van der Waals surface area contributed by atoms with Gasteiger partial charge in [0.25, 0.3) is 0 Å². The zero-order chi connectivity index (χ0) is 13.9. The molecule has 3 rings (SSSR count). The minimum absolute atomic E-state index is 0.219. The molecular formula is C16H20N2O2. The zero-order valence-corrected chi connectivity index (χ0v) is 11.8. The second kappa shape index (κ2) is 5.57. The Hall–Kier alpha value is -1.97. The van der Waals surface area contributed by atoms with Crippen molar-refractivity contribution in [3.63, 3.8) is 0 Å². The predicted octanol–water partition coefficient (Wildman–Crippen LogP) is 2.73. The van der Waals surface area contributed by atoms with Crippen molar-refractivity contribution in [1.82, 2.24) is 9.88 Å². The summed E-state index contributed by atoms with van der Waals surface area (Å²) in [6, 6.07) is 5.89. The number of amides is 1. The van der Waals surface area contributed by atoms with Crippen LogP contribution in [0.25, 0.3) is 10.9 Å². The van der Waals surface area contributed by atoms with Crippen LogP contribution in [0.5, 0.6) is 5.75 Å². The van der Waals surface area contributed by atoms with Gasteiger partial charge in [-0.2, -0.15) is 0 Å². The molecule has 106 valence electrons. The Morgan fingerprint density at radius 3 is 2.85 bits per heavy atom. The van der Waals surface area contributed by atoms with E-state index in [1.165, 1.54) is 6.42 Å². The number of piperidine rings is 1. The lowest BCUT2D eigenvalue weighted by Gasteiger charge is -2.26. The van der Waals surface area contributed by atoms with Gasteiger partial charge in [-0.1, -0.05) is 6.07 Å². The minimum Gasteiger partial charge on any atom is -0.496 e. The van der Waals surface area contributed by atoms with Crippen LogP contribution in [0, 0.1) is 0 Å². The van der Waals surface area contributed by atoms with Crippen molar-refractivity contribution < 1.29 is 9.53 Å². The molecule has 2 aromatic rings. The Labute approximate surface area is 118 Å². The van der Waals surface area contributed by atoms with Crippen molar-refractivity contribution in [2.45, 2.75) is 25.7 Å². The highest BCUT2D eigenvalue weighted by atomic mass is 16.5. The molecule has 2 heterocycles. The summed E-state index contributed by atoms with van der Waals surface area (Å²) >= 11 is 0. The molecule has 1 saturated heterocycles. The van der Waals surface area contributed by atoms with Crippen LogP contribution in [-0.2, 0) is 11.2 Å². The van der Waals surface area contributed by atoms with Crippen LogP contribution < -0.4 is 4.74 Å². The van der Waals surface area contributed by atoms with Crippen LogP contribution in [-0.4, -0.2) is 36.0 Å². The first-order valence-corrected chi connectivity index (χ1v) is 7.20. The van der Waals surface area contributed by atoms with Gasteiger partial charge in [-0.3, -0.25) is 4.79 Å². The first-order chi connectivity index (χ1) is 9.79. The lowest BCUT2D eigenvalue weighted by atomic mass is 10.1. The van der Waals surface area contributed by atoms with Gasteiger partial charge in [-0.15, -0.1) is 0 Å². The summed E-state index contributed by atoms with van der Waals surface area (Å²) in [5, 5.41) is 1.03. The number of hydrogen-bond acceptors (Lipinski definition) is 2. The van der Waals surface area contributed by atoms with Gasteiger partial charge in [-0.05, 0) is 37.0 Å². The second-order valence-electron chi connectivity index (χ2n) is 5.31. The molecule has 1 N–H and O–H groups in total. The summed E-state index contributed by atoms with van der Waals surface area (Å²) in [4.78, 5) is 17.6. The quantitative estimate of drug-likeness (QED) is 0.933. The van der Waals surface area contributed by atoms with Gasteiger partial charge in [0.15, 0.2) is 0 Å². The molecule has 4 nitrogen and oxygen atoms in total. The maximum atomic E-state index is 12.4. The lowest BCUT2D eigenvalue weighted by molar-refractivity contribution is -0.131. The number of carbonyl (C=O) groups is 1. The molecular weight excluding hydrogens is 252 g/mol. The third-order valence-corrected chi connectivity index (χ3v) is 4.02. The van der Waals surface area contributed by atoms with Crippen LogP contribution in [0.2, 0.25) is 0 Å². The maximum absolute atomic E-state index is 12.4. The summed E-state index contributed by atoms with van der Waals surface area (Å²) in [5.41, 5.74) is 2.04. The van der Waals surface area contributed by atoms with Gasteiger partial charge in [0.2, 0.25) is 5.91 Å². The summed E-state index contributed by atoms with van der Waals surface area (Å²) in [6.45, 7) is 1.80. The summed E-state index contributed by atoms with van der Waals surface area (Å²) in [6.07, 6.45) is 5.87. The molecule has 0 atom stereocenters. The van der Waals surface area contributed by atoms with Crippen LogP contribution in [0.1, 0.15) is 24.8 Å². The average Bonchev–Trinajstić information content (AvgIpc) is 2.91. The number of H-pyrrole nitrogens is 1.